The second-order valence-electron chi connectivity index (χ2n) is 7.45. The molecule has 154 valence electrons. The third kappa shape index (κ3) is 4.03. The Kier molecular flexibility index (Phi) is 5.61. The summed E-state index contributed by atoms with van der Waals surface area (Å²) in [6.07, 6.45) is 2.60. The molecule has 0 N–H and O–H groups in total. The maximum Gasteiger partial charge on any atom is 0.257 e. The molecule has 8 heteroatoms. The van der Waals surface area contributed by atoms with E-state index in [1.165, 1.54) is 4.88 Å². The number of amides is 1. The molecule has 30 heavy (non-hydrogen) atoms. The average Bonchev–Trinajstić information content (AvgIpc) is 3.56. The van der Waals surface area contributed by atoms with E-state index in [0.29, 0.717) is 6.54 Å². The first-order valence-electron chi connectivity index (χ1n) is 10.1. The van der Waals surface area contributed by atoms with Crippen LogP contribution in [0.1, 0.15) is 22.2 Å². The highest BCUT2D eigenvalue weighted by Crippen LogP contribution is 2.36. The third-order valence-corrected chi connectivity index (χ3v) is 7.44. The Hall–Kier alpha value is -2.55. The monoisotopic (exact) mass is 437 g/mol. The van der Waals surface area contributed by atoms with Crippen molar-refractivity contribution in [3.8, 4) is 0 Å². The van der Waals surface area contributed by atoms with Crippen LogP contribution < -0.4 is 4.90 Å². The van der Waals surface area contributed by atoms with Crippen molar-refractivity contribution in [3.63, 3.8) is 0 Å². The van der Waals surface area contributed by atoms with Crippen LogP contribution in [-0.4, -0.2) is 59.2 Å². The predicted molar refractivity (Wildman–Crippen MR) is 122 cm³/mol. The van der Waals surface area contributed by atoms with Crippen molar-refractivity contribution < 1.29 is 4.79 Å². The van der Waals surface area contributed by atoms with Crippen LogP contribution in [0.3, 0.4) is 0 Å². The first-order valence-corrected chi connectivity index (χ1v) is 11.9. The van der Waals surface area contributed by atoms with Crippen LogP contribution in [-0.2, 0) is 4.79 Å². The highest BCUT2D eigenvalue weighted by atomic mass is 32.1. The molecule has 2 aliphatic rings. The topological polar surface area (TPSA) is 52.0 Å². The zero-order valence-electron chi connectivity index (χ0n) is 16.6. The molecule has 5 rings (SSSR count). The van der Waals surface area contributed by atoms with E-state index in [9.17, 15) is 4.79 Å². The lowest BCUT2D eigenvalue weighted by molar-refractivity contribution is -0.134. The van der Waals surface area contributed by atoms with Crippen LogP contribution >= 0.6 is 22.7 Å². The molecule has 0 spiro atoms. The molecular formula is C22H23N5OS2. The summed E-state index contributed by atoms with van der Waals surface area (Å²) in [4.78, 5) is 24.5. The molecule has 1 atom stereocenters. The van der Waals surface area contributed by atoms with Crippen molar-refractivity contribution >= 4 is 40.1 Å². The van der Waals surface area contributed by atoms with E-state index in [1.807, 2.05) is 36.5 Å². The highest BCUT2D eigenvalue weighted by molar-refractivity contribution is 7.12. The number of hydrogen-bond acceptors (Lipinski definition) is 7. The summed E-state index contributed by atoms with van der Waals surface area (Å²) in [6, 6.07) is 14.3. The number of nitrogens with zero attached hydrogens (tertiary/aromatic N) is 5. The van der Waals surface area contributed by atoms with Gasteiger partial charge < -0.3 is 4.90 Å². The SMILES string of the molecule is O=C(CN1CCN(c2ccccn2)CC1)N1N=C(c2cccs2)C[C@H]1c1cccs1. The fraction of sp³-hybridized carbons (Fsp3) is 0.318. The minimum atomic E-state index is 0.00408. The highest BCUT2D eigenvalue weighted by Gasteiger charge is 2.35. The van der Waals surface area contributed by atoms with Crippen LogP contribution in [0.2, 0.25) is 0 Å². The first kappa shape index (κ1) is 19.4. The fourth-order valence-electron chi connectivity index (χ4n) is 3.97. The van der Waals surface area contributed by atoms with Gasteiger partial charge in [0.05, 0.1) is 23.2 Å². The zero-order chi connectivity index (χ0) is 20.3. The van der Waals surface area contributed by atoms with Gasteiger partial charge in [0.2, 0.25) is 0 Å². The molecule has 0 radical (unpaired) electrons. The second-order valence-corrected chi connectivity index (χ2v) is 9.38. The second kappa shape index (κ2) is 8.67. The van der Waals surface area contributed by atoms with E-state index in [1.54, 1.807) is 27.7 Å². The Morgan fingerprint density at radius 1 is 1.00 bits per heavy atom. The molecule has 5 heterocycles. The van der Waals surface area contributed by atoms with Crippen LogP contribution in [0.5, 0.6) is 0 Å². The summed E-state index contributed by atoms with van der Waals surface area (Å²) < 4.78 is 0. The predicted octanol–water partition coefficient (Wildman–Crippen LogP) is 3.70. The van der Waals surface area contributed by atoms with Gasteiger partial charge in [-0.2, -0.15) is 5.10 Å². The Morgan fingerprint density at radius 2 is 1.83 bits per heavy atom. The molecule has 1 amide bonds. The normalized spacial score (nSPS) is 19.9. The van der Waals surface area contributed by atoms with Gasteiger partial charge in [-0.05, 0) is 35.0 Å². The lowest BCUT2D eigenvalue weighted by atomic mass is 10.1. The number of thiophene rings is 2. The molecule has 3 aromatic rings. The van der Waals surface area contributed by atoms with Crippen molar-refractivity contribution in [3.05, 3.63) is 69.2 Å². The molecular weight excluding hydrogens is 414 g/mol. The summed E-state index contributed by atoms with van der Waals surface area (Å²) in [7, 11) is 0. The van der Waals surface area contributed by atoms with Gasteiger partial charge in [0, 0.05) is 43.7 Å². The maximum atomic E-state index is 13.2. The molecule has 0 unspecified atom stereocenters. The van der Waals surface area contributed by atoms with Gasteiger partial charge in [0.25, 0.3) is 5.91 Å². The Bertz CT molecular complexity index is 996. The summed E-state index contributed by atoms with van der Waals surface area (Å²) >= 11 is 3.37. The smallest absolute Gasteiger partial charge is 0.257 e. The average molecular weight is 438 g/mol. The molecule has 0 saturated carbocycles. The third-order valence-electron chi connectivity index (χ3n) is 5.55. The molecule has 0 aliphatic carbocycles. The number of pyridine rings is 1. The maximum absolute atomic E-state index is 13.2. The summed E-state index contributed by atoms with van der Waals surface area (Å²) in [6.45, 7) is 3.85. The number of rotatable bonds is 5. The van der Waals surface area contributed by atoms with Crippen LogP contribution in [0.15, 0.2) is 64.5 Å². The quantitative estimate of drug-likeness (QED) is 0.611. The summed E-state index contributed by atoms with van der Waals surface area (Å²) in [5, 5.41) is 10.6. The minimum Gasteiger partial charge on any atom is -0.354 e. The Morgan fingerprint density at radius 3 is 2.53 bits per heavy atom. The van der Waals surface area contributed by atoms with Gasteiger partial charge in [-0.1, -0.05) is 18.2 Å². The van der Waals surface area contributed by atoms with Gasteiger partial charge in [0.1, 0.15) is 5.82 Å². The standard InChI is InChI=1S/C22H23N5OS2/c28-22(16-25-9-11-26(12-10-25)21-7-1-2-8-23-21)27-18(20-6-4-14-30-20)15-17(24-27)19-5-3-13-29-19/h1-8,13-14,18H,9-12,15-16H2/t18-/m0/s1. The van der Waals surface area contributed by atoms with Crippen molar-refractivity contribution in [2.75, 3.05) is 37.6 Å². The molecule has 2 aliphatic heterocycles. The number of piperazine rings is 1. The van der Waals surface area contributed by atoms with Gasteiger partial charge in [0.15, 0.2) is 0 Å². The van der Waals surface area contributed by atoms with E-state index < -0.39 is 0 Å². The molecule has 0 aromatic carbocycles. The van der Waals surface area contributed by atoms with Crippen molar-refractivity contribution in [2.24, 2.45) is 5.10 Å². The van der Waals surface area contributed by atoms with E-state index >= 15 is 0 Å². The van der Waals surface area contributed by atoms with Crippen molar-refractivity contribution in [1.29, 1.82) is 0 Å². The zero-order valence-corrected chi connectivity index (χ0v) is 18.2. The van der Waals surface area contributed by atoms with E-state index in [2.05, 4.69) is 37.7 Å². The van der Waals surface area contributed by atoms with Gasteiger partial charge in [-0.25, -0.2) is 9.99 Å². The number of hydrogen-bond donors (Lipinski definition) is 0. The van der Waals surface area contributed by atoms with Crippen LogP contribution in [0, 0.1) is 0 Å². The van der Waals surface area contributed by atoms with Crippen molar-refractivity contribution in [2.45, 2.75) is 12.5 Å². The molecule has 1 fully saturated rings. The minimum absolute atomic E-state index is 0.00408. The Labute approximate surface area is 184 Å². The molecule has 0 bridgehead atoms. The van der Waals surface area contributed by atoms with E-state index in [4.69, 9.17) is 5.10 Å². The van der Waals surface area contributed by atoms with Crippen molar-refractivity contribution in [1.82, 2.24) is 14.9 Å². The lowest BCUT2D eigenvalue weighted by Crippen LogP contribution is -2.49. The molecule has 3 aromatic heterocycles. The van der Waals surface area contributed by atoms with E-state index in [0.717, 1.165) is 49.0 Å². The van der Waals surface area contributed by atoms with Gasteiger partial charge >= 0.3 is 0 Å². The number of aromatic nitrogens is 1. The summed E-state index contributed by atoms with van der Waals surface area (Å²) in [5.74, 6) is 1.08. The first-order chi connectivity index (χ1) is 14.8. The van der Waals surface area contributed by atoms with Crippen LogP contribution in [0.4, 0.5) is 5.82 Å². The number of carbonyl (C=O) groups excluding carboxylic acids is 1. The number of anilines is 1. The van der Waals surface area contributed by atoms with E-state index in [-0.39, 0.29) is 11.9 Å². The van der Waals surface area contributed by atoms with Gasteiger partial charge in [-0.15, -0.1) is 22.7 Å². The number of carbonyl (C=O) groups is 1. The number of hydrazone groups is 1. The fourth-order valence-corrected chi connectivity index (χ4v) is 5.51. The molecule has 1 saturated heterocycles. The molecule has 6 nitrogen and oxygen atoms in total. The summed E-state index contributed by atoms with van der Waals surface area (Å²) in [5.41, 5.74) is 1.01. The van der Waals surface area contributed by atoms with Crippen LogP contribution in [0.25, 0.3) is 0 Å². The van der Waals surface area contributed by atoms with Gasteiger partial charge in [-0.3, -0.25) is 9.69 Å². The Balaban J connectivity index is 1.26. The largest absolute Gasteiger partial charge is 0.354 e. The lowest BCUT2D eigenvalue weighted by Gasteiger charge is -2.35.